The van der Waals surface area contributed by atoms with Gasteiger partial charge < -0.3 is 16.0 Å². The Balaban J connectivity index is 1.67. The number of nitrogens with two attached hydrogens (primary N) is 1. The zero-order valence-electron chi connectivity index (χ0n) is 11.8. The van der Waals surface area contributed by atoms with Crippen LogP contribution in [0.4, 0.5) is 11.5 Å². The predicted molar refractivity (Wildman–Crippen MR) is 82.3 cm³/mol. The second kappa shape index (κ2) is 7.45. The van der Waals surface area contributed by atoms with Crippen molar-refractivity contribution in [3.8, 4) is 0 Å². The fourth-order valence-electron chi connectivity index (χ4n) is 2.02. The average Bonchev–Trinajstić information content (AvgIpc) is 2.46. The molecule has 0 fully saturated rings. The molecule has 0 aliphatic rings. The average molecular weight is 271 g/mol. The van der Waals surface area contributed by atoms with E-state index in [-0.39, 0.29) is 0 Å². The van der Waals surface area contributed by atoms with E-state index in [0.717, 1.165) is 26.1 Å². The van der Waals surface area contributed by atoms with Crippen molar-refractivity contribution >= 4 is 11.5 Å². The van der Waals surface area contributed by atoms with Crippen LogP contribution in [0.15, 0.2) is 42.9 Å². The lowest BCUT2D eigenvalue weighted by atomic mass is 10.2. The molecule has 0 amide bonds. The normalized spacial score (nSPS) is 10.7. The number of nitrogens with zero attached hydrogens (tertiary/aromatic N) is 3. The summed E-state index contributed by atoms with van der Waals surface area (Å²) in [5, 5.41) is 3.23. The molecule has 20 heavy (non-hydrogen) atoms. The summed E-state index contributed by atoms with van der Waals surface area (Å²) in [5.41, 5.74) is 7.69. The third-order valence-corrected chi connectivity index (χ3v) is 3.04. The highest BCUT2D eigenvalue weighted by atomic mass is 15.1. The molecule has 0 aliphatic carbocycles. The van der Waals surface area contributed by atoms with Crippen LogP contribution in [0.5, 0.6) is 0 Å². The zero-order valence-corrected chi connectivity index (χ0v) is 11.8. The molecule has 106 valence electrons. The maximum atomic E-state index is 5.77. The highest BCUT2D eigenvalue weighted by Gasteiger charge is 2.01. The Labute approximate surface area is 119 Å². The highest BCUT2D eigenvalue weighted by Crippen LogP contribution is 2.11. The Morgan fingerprint density at radius 3 is 2.80 bits per heavy atom. The van der Waals surface area contributed by atoms with Gasteiger partial charge in [-0.25, -0.2) is 9.97 Å². The van der Waals surface area contributed by atoms with Crippen LogP contribution in [0, 0.1) is 0 Å². The molecule has 0 atom stereocenters. The summed E-state index contributed by atoms with van der Waals surface area (Å²) in [4.78, 5) is 10.3. The van der Waals surface area contributed by atoms with Gasteiger partial charge in [-0.15, -0.1) is 0 Å². The van der Waals surface area contributed by atoms with E-state index in [9.17, 15) is 0 Å². The van der Waals surface area contributed by atoms with Crippen LogP contribution >= 0.6 is 0 Å². The second-order valence-electron chi connectivity index (χ2n) is 4.83. The van der Waals surface area contributed by atoms with Crippen molar-refractivity contribution in [3.05, 3.63) is 48.4 Å². The van der Waals surface area contributed by atoms with Crippen molar-refractivity contribution in [2.24, 2.45) is 0 Å². The minimum atomic E-state index is 0.588. The topological polar surface area (TPSA) is 67.1 Å². The molecule has 0 unspecified atom stereocenters. The Kier molecular flexibility index (Phi) is 5.32. The van der Waals surface area contributed by atoms with Crippen LogP contribution in [0.25, 0.3) is 0 Å². The molecule has 1 heterocycles. The lowest BCUT2D eigenvalue weighted by molar-refractivity contribution is 0.325. The second-order valence-corrected chi connectivity index (χ2v) is 4.83. The molecule has 0 spiro atoms. The van der Waals surface area contributed by atoms with Crippen LogP contribution in [-0.2, 0) is 6.54 Å². The fraction of sp³-hybridized carbons (Fsp3) is 0.333. The minimum absolute atomic E-state index is 0.588. The molecule has 0 aliphatic heterocycles. The van der Waals surface area contributed by atoms with Crippen molar-refractivity contribution in [1.82, 2.24) is 14.9 Å². The number of aromatic nitrogens is 2. The van der Waals surface area contributed by atoms with Gasteiger partial charge in [-0.2, -0.15) is 0 Å². The van der Waals surface area contributed by atoms with E-state index in [2.05, 4.69) is 51.5 Å². The van der Waals surface area contributed by atoms with E-state index in [1.807, 2.05) is 6.07 Å². The van der Waals surface area contributed by atoms with Gasteiger partial charge in [0.15, 0.2) is 5.82 Å². The van der Waals surface area contributed by atoms with E-state index >= 15 is 0 Å². The van der Waals surface area contributed by atoms with E-state index in [4.69, 9.17) is 5.73 Å². The van der Waals surface area contributed by atoms with Crippen LogP contribution < -0.4 is 11.1 Å². The third kappa shape index (κ3) is 4.51. The molecule has 2 aromatic rings. The largest absolute Gasteiger partial charge is 0.394 e. The van der Waals surface area contributed by atoms with E-state index in [0.29, 0.717) is 11.5 Å². The molecule has 0 bridgehead atoms. The van der Waals surface area contributed by atoms with Crippen molar-refractivity contribution in [3.63, 3.8) is 0 Å². The minimum Gasteiger partial charge on any atom is -0.394 e. The summed E-state index contributed by atoms with van der Waals surface area (Å²) in [6.07, 6.45) is 4.14. The molecule has 0 saturated carbocycles. The van der Waals surface area contributed by atoms with Crippen LogP contribution in [0.2, 0.25) is 0 Å². The van der Waals surface area contributed by atoms with Crippen molar-refractivity contribution in [1.29, 1.82) is 0 Å². The summed E-state index contributed by atoms with van der Waals surface area (Å²) in [6.45, 7) is 2.84. The highest BCUT2D eigenvalue weighted by molar-refractivity contribution is 5.58. The number of nitrogen functional groups attached to an aromatic ring is 1. The molecule has 1 aromatic heterocycles. The summed E-state index contributed by atoms with van der Waals surface area (Å²) in [6, 6.07) is 10.5. The lowest BCUT2D eigenvalue weighted by Crippen LogP contribution is -2.21. The predicted octanol–water partition coefficient (Wildman–Crippen LogP) is 1.99. The Hall–Kier alpha value is -2.14. The van der Waals surface area contributed by atoms with E-state index < -0.39 is 0 Å². The van der Waals surface area contributed by atoms with Crippen LogP contribution in [0.1, 0.15) is 12.0 Å². The molecular weight excluding hydrogens is 250 g/mol. The number of rotatable bonds is 7. The van der Waals surface area contributed by atoms with Gasteiger partial charge >= 0.3 is 0 Å². The molecule has 0 radical (unpaired) electrons. The summed E-state index contributed by atoms with van der Waals surface area (Å²) >= 11 is 0. The monoisotopic (exact) mass is 271 g/mol. The lowest BCUT2D eigenvalue weighted by Gasteiger charge is -2.17. The maximum absolute atomic E-state index is 5.77. The van der Waals surface area contributed by atoms with Gasteiger partial charge in [0.2, 0.25) is 0 Å². The smallest absolute Gasteiger partial charge is 0.152 e. The molecule has 5 nitrogen and oxygen atoms in total. The van der Waals surface area contributed by atoms with E-state index in [1.54, 1.807) is 6.20 Å². The molecule has 0 saturated heterocycles. The van der Waals surface area contributed by atoms with E-state index in [1.165, 1.54) is 11.9 Å². The van der Waals surface area contributed by atoms with Crippen molar-refractivity contribution in [2.75, 3.05) is 31.2 Å². The molecule has 2 rings (SSSR count). The van der Waals surface area contributed by atoms with Gasteiger partial charge in [0.25, 0.3) is 0 Å². The SMILES string of the molecule is CN(CCCNc1ncncc1N)Cc1ccccc1. The van der Waals surface area contributed by atoms with Gasteiger partial charge in [-0.3, -0.25) is 0 Å². The molecule has 5 heteroatoms. The summed E-state index contributed by atoms with van der Waals surface area (Å²) < 4.78 is 0. The van der Waals surface area contributed by atoms with Gasteiger partial charge in [0.05, 0.1) is 11.9 Å². The van der Waals surface area contributed by atoms with Gasteiger partial charge in [-0.1, -0.05) is 30.3 Å². The number of anilines is 2. The van der Waals surface area contributed by atoms with Crippen molar-refractivity contribution in [2.45, 2.75) is 13.0 Å². The Morgan fingerprint density at radius 2 is 2.05 bits per heavy atom. The van der Waals surface area contributed by atoms with Crippen LogP contribution in [0.3, 0.4) is 0 Å². The number of nitrogens with one attached hydrogen (secondary N) is 1. The first-order chi connectivity index (χ1) is 9.75. The molecule has 1 aromatic carbocycles. The third-order valence-electron chi connectivity index (χ3n) is 3.04. The molecule has 3 N–H and O–H groups in total. The Morgan fingerprint density at radius 1 is 1.25 bits per heavy atom. The van der Waals surface area contributed by atoms with Gasteiger partial charge in [0.1, 0.15) is 6.33 Å². The van der Waals surface area contributed by atoms with Crippen molar-refractivity contribution < 1.29 is 0 Å². The first-order valence-corrected chi connectivity index (χ1v) is 6.77. The quantitative estimate of drug-likeness (QED) is 0.754. The van der Waals surface area contributed by atoms with Gasteiger partial charge in [-0.05, 0) is 25.6 Å². The first kappa shape index (κ1) is 14.3. The standard InChI is InChI=1S/C15H21N5/c1-20(11-13-6-3-2-4-7-13)9-5-8-18-15-14(16)10-17-12-19-15/h2-4,6-7,10,12H,5,8-9,11,16H2,1H3,(H,17,18,19). The number of benzene rings is 1. The fourth-order valence-corrected chi connectivity index (χ4v) is 2.02. The summed E-state index contributed by atoms with van der Waals surface area (Å²) in [7, 11) is 2.13. The molecular formula is C15H21N5. The summed E-state index contributed by atoms with van der Waals surface area (Å²) in [5.74, 6) is 0.714. The first-order valence-electron chi connectivity index (χ1n) is 6.77. The number of hydrogen-bond donors (Lipinski definition) is 2. The maximum Gasteiger partial charge on any atom is 0.152 e. The number of hydrogen-bond acceptors (Lipinski definition) is 5. The van der Waals surface area contributed by atoms with Gasteiger partial charge in [0, 0.05) is 13.1 Å². The van der Waals surface area contributed by atoms with Crippen LogP contribution in [-0.4, -0.2) is 35.0 Å². The zero-order chi connectivity index (χ0) is 14.2. The Bertz CT molecular complexity index is 515.